The van der Waals surface area contributed by atoms with Gasteiger partial charge in [0.1, 0.15) is 5.58 Å². The van der Waals surface area contributed by atoms with Crippen molar-refractivity contribution >= 4 is 16.9 Å². The fourth-order valence-electron chi connectivity index (χ4n) is 2.73. The lowest BCUT2D eigenvalue weighted by molar-refractivity contribution is 0.0909. The molecule has 3 aromatic rings. The molecule has 1 heterocycles. The number of rotatable bonds is 4. The smallest absolute Gasteiger partial charge is 0.287 e. The summed E-state index contributed by atoms with van der Waals surface area (Å²) in [4.78, 5) is 12.5. The Morgan fingerprint density at radius 3 is 2.57 bits per heavy atom. The molecule has 2 aromatic carbocycles. The van der Waals surface area contributed by atoms with Crippen molar-refractivity contribution in [3.05, 3.63) is 71.0 Å². The fraction of sp³-hybridized carbons (Fsp3) is 0.250. The van der Waals surface area contributed by atoms with Gasteiger partial charge < -0.3 is 9.73 Å². The van der Waals surface area contributed by atoms with Gasteiger partial charge in [-0.3, -0.25) is 4.79 Å². The molecule has 0 spiro atoms. The summed E-state index contributed by atoms with van der Waals surface area (Å²) in [6.07, 6.45) is 0.828. The summed E-state index contributed by atoms with van der Waals surface area (Å²) in [6.45, 7) is 6.25. The van der Waals surface area contributed by atoms with Crippen LogP contribution in [0.3, 0.4) is 0 Å². The first-order valence-electron chi connectivity index (χ1n) is 7.95. The van der Waals surface area contributed by atoms with Gasteiger partial charge in [0, 0.05) is 5.39 Å². The highest BCUT2D eigenvalue weighted by Gasteiger charge is 2.17. The van der Waals surface area contributed by atoms with Crippen molar-refractivity contribution < 1.29 is 9.21 Å². The van der Waals surface area contributed by atoms with E-state index in [-0.39, 0.29) is 11.9 Å². The van der Waals surface area contributed by atoms with Gasteiger partial charge in [-0.1, -0.05) is 43.3 Å². The molecule has 3 heteroatoms. The number of benzene rings is 2. The second-order valence-electron chi connectivity index (χ2n) is 5.93. The SMILES string of the molecule is CC[C@H](NC(=O)c1cc2ccccc2o1)c1ccc(C)c(C)c1. The molecular weight excluding hydrogens is 286 g/mol. The Hall–Kier alpha value is -2.55. The van der Waals surface area contributed by atoms with Gasteiger partial charge in [-0.25, -0.2) is 0 Å². The lowest BCUT2D eigenvalue weighted by atomic mass is 9.99. The minimum absolute atomic E-state index is 0.0185. The quantitative estimate of drug-likeness (QED) is 0.742. The number of hydrogen-bond donors (Lipinski definition) is 1. The molecule has 0 unspecified atom stereocenters. The van der Waals surface area contributed by atoms with Gasteiger partial charge in [-0.2, -0.15) is 0 Å². The van der Waals surface area contributed by atoms with Crippen LogP contribution in [-0.4, -0.2) is 5.91 Å². The number of furan rings is 1. The molecule has 0 bridgehead atoms. The van der Waals surface area contributed by atoms with E-state index in [2.05, 4.69) is 44.3 Å². The van der Waals surface area contributed by atoms with Crippen LogP contribution in [-0.2, 0) is 0 Å². The van der Waals surface area contributed by atoms with Crippen LogP contribution >= 0.6 is 0 Å². The Bertz CT molecular complexity index is 815. The number of hydrogen-bond acceptors (Lipinski definition) is 2. The summed E-state index contributed by atoms with van der Waals surface area (Å²) in [5.74, 6) is 0.180. The van der Waals surface area contributed by atoms with Gasteiger partial charge in [0.15, 0.2) is 5.76 Å². The second kappa shape index (κ2) is 6.29. The molecule has 3 nitrogen and oxygen atoms in total. The van der Waals surface area contributed by atoms with Crippen molar-refractivity contribution in [2.75, 3.05) is 0 Å². The minimum Gasteiger partial charge on any atom is -0.451 e. The zero-order valence-corrected chi connectivity index (χ0v) is 13.7. The van der Waals surface area contributed by atoms with Crippen LogP contribution in [0.2, 0.25) is 0 Å². The van der Waals surface area contributed by atoms with E-state index in [1.807, 2.05) is 24.3 Å². The summed E-state index contributed by atoms with van der Waals surface area (Å²) >= 11 is 0. The third-order valence-corrected chi connectivity index (χ3v) is 4.30. The van der Waals surface area contributed by atoms with E-state index >= 15 is 0 Å². The third-order valence-electron chi connectivity index (χ3n) is 4.30. The van der Waals surface area contributed by atoms with Crippen LogP contribution in [0.25, 0.3) is 11.0 Å². The van der Waals surface area contributed by atoms with Crippen molar-refractivity contribution in [1.82, 2.24) is 5.32 Å². The van der Waals surface area contributed by atoms with E-state index in [0.717, 1.165) is 23.0 Å². The maximum absolute atomic E-state index is 12.5. The fourth-order valence-corrected chi connectivity index (χ4v) is 2.73. The molecule has 3 rings (SSSR count). The normalized spacial score (nSPS) is 12.3. The number of nitrogens with one attached hydrogen (secondary N) is 1. The van der Waals surface area contributed by atoms with Crippen LogP contribution in [0.5, 0.6) is 0 Å². The molecular formula is C20H21NO2. The van der Waals surface area contributed by atoms with Crippen molar-refractivity contribution in [3.63, 3.8) is 0 Å². The predicted molar refractivity (Wildman–Crippen MR) is 92.6 cm³/mol. The lowest BCUT2D eigenvalue weighted by Crippen LogP contribution is -2.27. The molecule has 23 heavy (non-hydrogen) atoms. The zero-order chi connectivity index (χ0) is 16.4. The van der Waals surface area contributed by atoms with Gasteiger partial charge >= 0.3 is 0 Å². The molecule has 0 aliphatic rings. The number of fused-ring (bicyclic) bond motifs is 1. The topological polar surface area (TPSA) is 42.2 Å². The van der Waals surface area contributed by atoms with E-state index in [1.165, 1.54) is 11.1 Å². The highest BCUT2D eigenvalue weighted by Crippen LogP contribution is 2.22. The zero-order valence-electron chi connectivity index (χ0n) is 13.7. The Morgan fingerprint density at radius 1 is 1.09 bits per heavy atom. The van der Waals surface area contributed by atoms with Crippen molar-refractivity contribution in [2.45, 2.75) is 33.2 Å². The number of para-hydroxylation sites is 1. The third kappa shape index (κ3) is 3.14. The molecule has 118 valence electrons. The second-order valence-corrected chi connectivity index (χ2v) is 5.93. The Labute approximate surface area is 136 Å². The predicted octanol–water partition coefficient (Wildman–Crippen LogP) is 4.93. The van der Waals surface area contributed by atoms with Crippen LogP contribution in [0.1, 0.15) is 46.6 Å². The number of carbonyl (C=O) groups is 1. The van der Waals surface area contributed by atoms with Gasteiger partial charge in [-0.15, -0.1) is 0 Å². The van der Waals surface area contributed by atoms with Crippen molar-refractivity contribution in [3.8, 4) is 0 Å². The van der Waals surface area contributed by atoms with Gasteiger partial charge in [0.2, 0.25) is 0 Å². The van der Waals surface area contributed by atoms with E-state index in [9.17, 15) is 4.79 Å². The van der Waals surface area contributed by atoms with Gasteiger partial charge in [-0.05, 0) is 49.1 Å². The Morgan fingerprint density at radius 2 is 1.87 bits per heavy atom. The highest BCUT2D eigenvalue weighted by molar-refractivity contribution is 5.96. The highest BCUT2D eigenvalue weighted by atomic mass is 16.3. The molecule has 0 saturated carbocycles. The molecule has 1 aromatic heterocycles. The van der Waals surface area contributed by atoms with E-state index in [0.29, 0.717) is 5.76 Å². The Kier molecular flexibility index (Phi) is 4.20. The molecule has 0 radical (unpaired) electrons. The standard InChI is InChI=1S/C20H21NO2/c1-4-17(15-10-9-13(2)14(3)11-15)21-20(22)19-12-16-7-5-6-8-18(16)23-19/h5-12,17H,4H2,1-3H3,(H,21,22)/t17-/m0/s1. The molecule has 0 aliphatic heterocycles. The number of carbonyl (C=O) groups excluding carboxylic acids is 1. The van der Waals surface area contributed by atoms with Crippen molar-refractivity contribution in [2.24, 2.45) is 0 Å². The summed E-state index contributed by atoms with van der Waals surface area (Å²) in [5, 5.41) is 4.02. The molecule has 1 amide bonds. The summed E-state index contributed by atoms with van der Waals surface area (Å²) in [6, 6.07) is 15.7. The molecule has 1 N–H and O–H groups in total. The van der Waals surface area contributed by atoms with Crippen LogP contribution in [0.15, 0.2) is 52.9 Å². The first-order valence-corrected chi connectivity index (χ1v) is 7.95. The van der Waals surface area contributed by atoms with E-state index in [4.69, 9.17) is 4.42 Å². The maximum atomic E-state index is 12.5. The van der Waals surface area contributed by atoms with Crippen molar-refractivity contribution in [1.29, 1.82) is 0 Å². The molecule has 0 fully saturated rings. The molecule has 0 saturated heterocycles. The van der Waals surface area contributed by atoms with E-state index < -0.39 is 0 Å². The van der Waals surface area contributed by atoms with Gasteiger partial charge in [0.25, 0.3) is 5.91 Å². The summed E-state index contributed by atoms with van der Waals surface area (Å²) < 4.78 is 5.64. The Balaban J connectivity index is 1.82. The number of amides is 1. The summed E-state index contributed by atoms with van der Waals surface area (Å²) in [5.41, 5.74) is 4.35. The van der Waals surface area contributed by atoms with Crippen LogP contribution in [0.4, 0.5) is 0 Å². The lowest BCUT2D eigenvalue weighted by Gasteiger charge is -2.18. The maximum Gasteiger partial charge on any atom is 0.287 e. The average Bonchev–Trinajstić information content (AvgIpc) is 2.99. The molecule has 1 atom stereocenters. The first-order chi connectivity index (χ1) is 11.1. The minimum atomic E-state index is -0.175. The monoisotopic (exact) mass is 307 g/mol. The van der Waals surface area contributed by atoms with Crippen LogP contribution < -0.4 is 5.32 Å². The molecule has 0 aliphatic carbocycles. The average molecular weight is 307 g/mol. The van der Waals surface area contributed by atoms with E-state index in [1.54, 1.807) is 6.07 Å². The number of aryl methyl sites for hydroxylation is 2. The summed E-state index contributed by atoms with van der Waals surface area (Å²) in [7, 11) is 0. The largest absolute Gasteiger partial charge is 0.451 e. The van der Waals surface area contributed by atoms with Crippen LogP contribution in [0, 0.1) is 13.8 Å². The van der Waals surface area contributed by atoms with Gasteiger partial charge in [0.05, 0.1) is 6.04 Å². The first kappa shape index (κ1) is 15.3.